The zero-order valence-electron chi connectivity index (χ0n) is 11.6. The maximum absolute atomic E-state index is 8.68. The minimum atomic E-state index is 0. The molecule has 0 unspecified atom stereocenters. The van der Waals surface area contributed by atoms with Crippen molar-refractivity contribution in [3.8, 4) is 0 Å². The van der Waals surface area contributed by atoms with E-state index in [1.54, 1.807) is 0 Å². The maximum Gasteiger partial charge on any atom is 6.00 e. The summed E-state index contributed by atoms with van der Waals surface area (Å²) in [6.45, 7) is 21.3. The minimum absolute atomic E-state index is 0. The van der Waals surface area contributed by atoms with Crippen LogP contribution in [0.25, 0.3) is 0 Å². The van der Waals surface area contributed by atoms with Crippen molar-refractivity contribution in [2.75, 3.05) is 0 Å². The third-order valence-electron chi connectivity index (χ3n) is 2.81. The largest absolute Gasteiger partial charge is 6.00 e. The molecule has 0 aliphatic rings. The van der Waals surface area contributed by atoms with Gasteiger partial charge in [0.2, 0.25) is 0 Å². The average molecular weight is 290 g/mol. The van der Waals surface area contributed by atoms with Crippen LogP contribution < -0.4 is 0 Å². The van der Waals surface area contributed by atoms with Crippen LogP contribution in [0.5, 0.6) is 0 Å². The van der Waals surface area contributed by atoms with Gasteiger partial charge >= 0.3 is 39.7 Å². The molecule has 0 N–H and O–H groups in total. The first-order valence-electron chi connectivity index (χ1n) is 4.86. The van der Waals surface area contributed by atoms with Gasteiger partial charge in [-0.1, -0.05) is 34.6 Å². The number of hydrogen-bond donors (Lipinski definition) is 0. The number of carbonyl (C=O) groups excluding carboxylic acids is 1. The smallest absolute Gasteiger partial charge is 6.00 e. The Kier molecular flexibility index (Phi) is 22.9. The molecule has 0 bridgehead atoms. The van der Waals surface area contributed by atoms with Crippen molar-refractivity contribution in [1.82, 2.24) is 0 Å². The zero-order chi connectivity index (χ0) is 14.6. The molecule has 0 aromatic heterocycles. The van der Waals surface area contributed by atoms with Crippen molar-refractivity contribution in [3.63, 3.8) is 0 Å². The van der Waals surface area contributed by atoms with E-state index in [0.717, 1.165) is 0 Å². The quantitative estimate of drug-likeness (QED) is 0.411. The predicted molar refractivity (Wildman–Crippen MR) is 64.9 cm³/mol. The second-order valence-corrected chi connectivity index (χ2v) is 3.33. The van der Waals surface area contributed by atoms with Crippen molar-refractivity contribution < 1.29 is 31.2 Å². The third kappa shape index (κ3) is 8.16. The second kappa shape index (κ2) is 16.0. The molecular formula is C14H18FeO3+4. The Balaban J connectivity index is -0.000000106. The Bertz CT molecular complexity index is 287. The van der Waals surface area contributed by atoms with Crippen LogP contribution in [0.2, 0.25) is 0 Å². The molecule has 0 amide bonds. The van der Waals surface area contributed by atoms with Crippen molar-refractivity contribution in [1.29, 1.82) is 0 Å². The molecule has 0 aliphatic carbocycles. The van der Waals surface area contributed by atoms with Gasteiger partial charge in [-0.15, -0.1) is 0 Å². The Morgan fingerprint density at radius 2 is 1.11 bits per heavy atom. The molecule has 0 fully saturated rings. The van der Waals surface area contributed by atoms with Crippen LogP contribution in [0, 0.1) is 47.9 Å². The Labute approximate surface area is 120 Å². The van der Waals surface area contributed by atoms with Gasteiger partial charge in [0.05, 0.1) is 0 Å². The molecule has 0 spiro atoms. The summed E-state index contributed by atoms with van der Waals surface area (Å²) in [6, 6.07) is 0. The van der Waals surface area contributed by atoms with Gasteiger partial charge in [0.1, 0.15) is 0 Å². The van der Waals surface area contributed by atoms with E-state index in [-0.39, 0.29) is 17.1 Å². The summed E-state index contributed by atoms with van der Waals surface area (Å²) in [4.78, 5) is 8.68. The first kappa shape index (κ1) is 25.8. The van der Waals surface area contributed by atoms with E-state index in [1.165, 1.54) is 41.0 Å². The molecule has 0 atom stereocenters. The van der Waals surface area contributed by atoms with Crippen LogP contribution in [-0.2, 0) is 31.2 Å². The second-order valence-electron chi connectivity index (χ2n) is 3.33. The standard InChI is InChI=1S/C10H15.C2H3O.2CO.Fe/c1-6-7(2)9(4)10(5)8(6)3;1-2-3;2*1-2;/h1-5H3;1H3;;;/q2*-1;;;+6. The van der Waals surface area contributed by atoms with Crippen molar-refractivity contribution >= 4 is 6.29 Å². The van der Waals surface area contributed by atoms with Crippen LogP contribution >= 0.6 is 0 Å². The van der Waals surface area contributed by atoms with Crippen molar-refractivity contribution in [2.45, 2.75) is 41.5 Å². The molecule has 1 aromatic carbocycles. The van der Waals surface area contributed by atoms with E-state index >= 15 is 0 Å². The SMILES string of the molecule is C[C-]=O.Cc1c(C)c(C)[c-](C)c1C.[C-]#[O+].[C-]#[O+].[Fe+6]. The summed E-state index contributed by atoms with van der Waals surface area (Å²) in [6.07, 6.45) is 1.50. The van der Waals surface area contributed by atoms with Crippen LogP contribution in [0.15, 0.2) is 0 Å². The Hall–Kier alpha value is -0.981. The summed E-state index contributed by atoms with van der Waals surface area (Å²) in [5.74, 6) is 0. The van der Waals surface area contributed by atoms with Crippen molar-refractivity contribution in [3.05, 3.63) is 41.1 Å². The van der Waals surface area contributed by atoms with E-state index in [1.807, 2.05) is 0 Å². The van der Waals surface area contributed by atoms with Gasteiger partial charge in [-0.05, 0) is 0 Å². The van der Waals surface area contributed by atoms with E-state index in [9.17, 15) is 0 Å². The van der Waals surface area contributed by atoms with Gasteiger partial charge in [0, 0.05) is 0 Å². The summed E-state index contributed by atoms with van der Waals surface area (Å²) in [7, 11) is 0. The maximum atomic E-state index is 8.68. The molecule has 4 heteroatoms. The van der Waals surface area contributed by atoms with E-state index in [0.29, 0.717) is 0 Å². The summed E-state index contributed by atoms with van der Waals surface area (Å²) < 4.78 is 15.0. The van der Waals surface area contributed by atoms with Gasteiger partial charge in [-0.2, -0.15) is 34.7 Å². The Morgan fingerprint density at radius 1 is 0.944 bits per heavy atom. The van der Waals surface area contributed by atoms with E-state index in [2.05, 4.69) is 47.9 Å². The molecule has 3 nitrogen and oxygen atoms in total. The molecule has 1 aromatic rings. The molecule has 1 rings (SSSR count). The fourth-order valence-electron chi connectivity index (χ4n) is 1.41. The minimum Gasteiger partial charge on any atom is 6.00 e. The van der Waals surface area contributed by atoms with Crippen LogP contribution in [0.3, 0.4) is 0 Å². The number of rotatable bonds is 0. The first-order chi connectivity index (χ1) is 7.97. The average Bonchev–Trinajstić information content (AvgIpc) is 2.54. The molecular weight excluding hydrogens is 272 g/mol. The Morgan fingerprint density at radius 3 is 1.17 bits per heavy atom. The molecule has 18 heavy (non-hydrogen) atoms. The third-order valence-corrected chi connectivity index (χ3v) is 2.81. The van der Waals surface area contributed by atoms with Crippen LogP contribution in [-0.4, -0.2) is 6.29 Å². The van der Waals surface area contributed by atoms with E-state index in [4.69, 9.17) is 14.1 Å². The molecule has 96 valence electrons. The molecule has 0 saturated carbocycles. The summed E-state index contributed by atoms with van der Waals surface area (Å²) in [5.41, 5.74) is 7.34. The monoisotopic (exact) mass is 290 g/mol. The van der Waals surface area contributed by atoms with Crippen LogP contribution in [0.1, 0.15) is 34.7 Å². The van der Waals surface area contributed by atoms with Gasteiger partial charge < -0.3 is 4.79 Å². The molecule has 0 saturated heterocycles. The predicted octanol–water partition coefficient (Wildman–Crippen LogP) is 2.99. The topological polar surface area (TPSA) is 56.9 Å². The normalized spacial score (nSPS) is 6.78. The zero-order valence-corrected chi connectivity index (χ0v) is 12.7. The van der Waals surface area contributed by atoms with E-state index < -0.39 is 0 Å². The first-order valence-corrected chi connectivity index (χ1v) is 4.86. The summed E-state index contributed by atoms with van der Waals surface area (Å²) >= 11 is 0. The van der Waals surface area contributed by atoms with Gasteiger partial charge in [-0.3, -0.25) is 6.29 Å². The van der Waals surface area contributed by atoms with Gasteiger partial charge in [0.15, 0.2) is 0 Å². The molecule has 0 aliphatic heterocycles. The van der Waals surface area contributed by atoms with Crippen LogP contribution in [0.4, 0.5) is 0 Å². The van der Waals surface area contributed by atoms with Gasteiger partial charge in [-0.25, -0.2) is 0 Å². The number of hydrogen-bond acceptors (Lipinski definition) is 1. The van der Waals surface area contributed by atoms with Gasteiger partial charge in [0.25, 0.3) is 0 Å². The molecule has 0 heterocycles. The fourth-order valence-corrected chi connectivity index (χ4v) is 1.41. The summed E-state index contributed by atoms with van der Waals surface area (Å²) in [5, 5.41) is 0. The van der Waals surface area contributed by atoms with Crippen molar-refractivity contribution in [2.24, 2.45) is 0 Å². The molecule has 0 radical (unpaired) electrons. The fraction of sp³-hybridized carbons (Fsp3) is 0.429.